The lowest BCUT2D eigenvalue weighted by atomic mass is 9.99. The monoisotopic (exact) mass is 257 g/mol. The summed E-state index contributed by atoms with van der Waals surface area (Å²) in [7, 11) is 5.22. The maximum atomic E-state index is 5.37. The molecule has 2 aromatic rings. The second kappa shape index (κ2) is 5.65. The van der Waals surface area contributed by atoms with Gasteiger partial charge in [-0.2, -0.15) is 0 Å². The first-order valence-corrected chi connectivity index (χ1v) is 6.20. The normalized spacial score (nSPS) is 10.1. The van der Waals surface area contributed by atoms with Crippen molar-refractivity contribution in [1.29, 1.82) is 0 Å². The average molecular weight is 257 g/mol. The molecule has 0 amide bonds. The summed E-state index contributed by atoms with van der Waals surface area (Å²) in [6, 6.07) is 12.3. The summed E-state index contributed by atoms with van der Waals surface area (Å²) in [6.07, 6.45) is 0. The number of hydrogen-bond donors (Lipinski definition) is 1. The summed E-state index contributed by atoms with van der Waals surface area (Å²) in [4.78, 5) is 0. The van der Waals surface area contributed by atoms with E-state index in [0.29, 0.717) is 0 Å². The molecule has 0 aromatic heterocycles. The third kappa shape index (κ3) is 2.65. The van der Waals surface area contributed by atoms with Crippen LogP contribution in [0.4, 0.5) is 5.69 Å². The van der Waals surface area contributed by atoms with E-state index in [-0.39, 0.29) is 0 Å². The van der Waals surface area contributed by atoms with Crippen molar-refractivity contribution in [2.24, 2.45) is 0 Å². The molecule has 100 valence electrons. The molecule has 1 N–H and O–H groups in total. The van der Waals surface area contributed by atoms with Gasteiger partial charge in [0.05, 0.1) is 14.2 Å². The number of aryl methyl sites for hydroxylation is 1. The molecular weight excluding hydrogens is 238 g/mol. The predicted molar refractivity (Wildman–Crippen MR) is 79.3 cm³/mol. The van der Waals surface area contributed by atoms with Gasteiger partial charge in [-0.15, -0.1) is 0 Å². The smallest absolute Gasteiger partial charge is 0.161 e. The van der Waals surface area contributed by atoms with Crippen molar-refractivity contribution >= 4 is 5.69 Å². The minimum absolute atomic E-state index is 0.748. The van der Waals surface area contributed by atoms with E-state index in [9.17, 15) is 0 Å². The number of hydrogen-bond acceptors (Lipinski definition) is 3. The number of benzene rings is 2. The average Bonchev–Trinajstić information content (AvgIpc) is 2.46. The van der Waals surface area contributed by atoms with Gasteiger partial charge in [0.1, 0.15) is 0 Å². The first kappa shape index (κ1) is 13.3. The second-order valence-corrected chi connectivity index (χ2v) is 4.35. The number of anilines is 1. The molecule has 0 heterocycles. The van der Waals surface area contributed by atoms with Gasteiger partial charge < -0.3 is 14.8 Å². The summed E-state index contributed by atoms with van der Waals surface area (Å²) < 4.78 is 10.7. The van der Waals surface area contributed by atoms with E-state index in [1.807, 2.05) is 31.3 Å². The molecule has 2 rings (SSSR count). The first-order valence-electron chi connectivity index (χ1n) is 6.20. The zero-order valence-electron chi connectivity index (χ0n) is 11.8. The van der Waals surface area contributed by atoms with Crippen molar-refractivity contribution in [3.63, 3.8) is 0 Å². The third-order valence-corrected chi connectivity index (χ3v) is 3.19. The molecule has 0 aliphatic heterocycles. The van der Waals surface area contributed by atoms with E-state index in [2.05, 4.69) is 24.4 Å². The number of nitrogens with one attached hydrogen (secondary N) is 1. The maximum Gasteiger partial charge on any atom is 0.161 e. The van der Waals surface area contributed by atoms with Crippen LogP contribution in [-0.2, 0) is 0 Å². The molecule has 3 heteroatoms. The molecule has 0 aliphatic rings. The fourth-order valence-corrected chi connectivity index (χ4v) is 2.13. The van der Waals surface area contributed by atoms with Crippen LogP contribution in [0.5, 0.6) is 11.5 Å². The van der Waals surface area contributed by atoms with Gasteiger partial charge >= 0.3 is 0 Å². The van der Waals surface area contributed by atoms with Crippen LogP contribution >= 0.6 is 0 Å². The molecule has 19 heavy (non-hydrogen) atoms. The molecule has 0 atom stereocenters. The summed E-state index contributed by atoms with van der Waals surface area (Å²) >= 11 is 0. The number of methoxy groups -OCH3 is 2. The Balaban J connectivity index is 2.55. The lowest BCUT2D eigenvalue weighted by molar-refractivity contribution is 0.355. The van der Waals surface area contributed by atoms with Crippen molar-refractivity contribution in [2.75, 3.05) is 26.6 Å². The highest BCUT2D eigenvalue weighted by Crippen LogP contribution is 2.35. The van der Waals surface area contributed by atoms with Gasteiger partial charge in [-0.3, -0.25) is 0 Å². The van der Waals surface area contributed by atoms with Gasteiger partial charge in [-0.25, -0.2) is 0 Å². The van der Waals surface area contributed by atoms with Gasteiger partial charge in [0.25, 0.3) is 0 Å². The largest absolute Gasteiger partial charge is 0.493 e. The van der Waals surface area contributed by atoms with Crippen molar-refractivity contribution < 1.29 is 9.47 Å². The SMILES string of the molecule is CNc1cccc(-c2cc(OC)c(OC)cc2C)c1. The summed E-state index contributed by atoms with van der Waals surface area (Å²) in [6.45, 7) is 2.07. The molecule has 0 bridgehead atoms. The summed E-state index contributed by atoms with van der Waals surface area (Å²) in [5.41, 5.74) is 4.55. The molecule has 0 spiro atoms. The molecular formula is C16H19NO2. The van der Waals surface area contributed by atoms with Crippen LogP contribution in [0.3, 0.4) is 0 Å². The predicted octanol–water partition coefficient (Wildman–Crippen LogP) is 3.72. The number of ether oxygens (including phenoxy) is 2. The van der Waals surface area contributed by atoms with E-state index in [1.54, 1.807) is 14.2 Å². The lowest BCUT2D eigenvalue weighted by Crippen LogP contribution is -1.94. The van der Waals surface area contributed by atoms with Gasteiger partial charge in [-0.05, 0) is 47.9 Å². The standard InChI is InChI=1S/C16H19NO2/c1-11-8-15(18-3)16(19-4)10-14(11)12-6-5-7-13(9-12)17-2/h5-10,17H,1-4H3. The van der Waals surface area contributed by atoms with Crippen molar-refractivity contribution in [1.82, 2.24) is 0 Å². The molecule has 0 saturated heterocycles. The topological polar surface area (TPSA) is 30.5 Å². The van der Waals surface area contributed by atoms with Crippen LogP contribution in [0.25, 0.3) is 11.1 Å². The zero-order valence-corrected chi connectivity index (χ0v) is 11.8. The number of rotatable bonds is 4. The Hall–Kier alpha value is -2.16. The van der Waals surface area contributed by atoms with Crippen LogP contribution < -0.4 is 14.8 Å². The highest BCUT2D eigenvalue weighted by atomic mass is 16.5. The van der Waals surface area contributed by atoms with E-state index < -0.39 is 0 Å². The van der Waals surface area contributed by atoms with Crippen LogP contribution in [-0.4, -0.2) is 21.3 Å². The molecule has 0 saturated carbocycles. The maximum absolute atomic E-state index is 5.37. The van der Waals surface area contributed by atoms with E-state index in [1.165, 1.54) is 0 Å². The van der Waals surface area contributed by atoms with Crippen LogP contribution in [0.1, 0.15) is 5.56 Å². The Morgan fingerprint density at radius 2 is 1.63 bits per heavy atom. The lowest BCUT2D eigenvalue weighted by Gasteiger charge is -2.13. The Morgan fingerprint density at radius 1 is 0.947 bits per heavy atom. The first-order chi connectivity index (χ1) is 9.19. The highest BCUT2D eigenvalue weighted by Gasteiger charge is 2.10. The molecule has 3 nitrogen and oxygen atoms in total. The Morgan fingerprint density at radius 3 is 2.26 bits per heavy atom. The minimum Gasteiger partial charge on any atom is -0.493 e. The fraction of sp³-hybridized carbons (Fsp3) is 0.250. The Kier molecular flexibility index (Phi) is 3.95. The van der Waals surface area contributed by atoms with E-state index >= 15 is 0 Å². The highest BCUT2D eigenvalue weighted by molar-refractivity contribution is 5.73. The van der Waals surface area contributed by atoms with Crippen LogP contribution in [0, 0.1) is 6.92 Å². The second-order valence-electron chi connectivity index (χ2n) is 4.35. The van der Waals surface area contributed by atoms with Crippen molar-refractivity contribution in [3.05, 3.63) is 42.0 Å². The molecule has 2 aromatic carbocycles. The van der Waals surface area contributed by atoms with Crippen molar-refractivity contribution in [3.8, 4) is 22.6 Å². The van der Waals surface area contributed by atoms with Crippen LogP contribution in [0.15, 0.2) is 36.4 Å². The fourth-order valence-electron chi connectivity index (χ4n) is 2.13. The third-order valence-electron chi connectivity index (χ3n) is 3.19. The van der Waals surface area contributed by atoms with Gasteiger partial charge in [0.2, 0.25) is 0 Å². The zero-order chi connectivity index (χ0) is 13.8. The van der Waals surface area contributed by atoms with E-state index in [0.717, 1.165) is 33.9 Å². The van der Waals surface area contributed by atoms with Gasteiger partial charge in [0.15, 0.2) is 11.5 Å². The molecule has 0 unspecified atom stereocenters. The molecule has 0 radical (unpaired) electrons. The van der Waals surface area contributed by atoms with Gasteiger partial charge in [-0.1, -0.05) is 12.1 Å². The summed E-state index contributed by atoms with van der Waals surface area (Å²) in [5.74, 6) is 1.51. The molecule has 0 fully saturated rings. The van der Waals surface area contributed by atoms with Gasteiger partial charge in [0, 0.05) is 12.7 Å². The van der Waals surface area contributed by atoms with E-state index in [4.69, 9.17) is 9.47 Å². The van der Waals surface area contributed by atoms with Crippen molar-refractivity contribution in [2.45, 2.75) is 6.92 Å². The van der Waals surface area contributed by atoms with Crippen LogP contribution in [0.2, 0.25) is 0 Å². The molecule has 0 aliphatic carbocycles. The Labute approximate surface area is 114 Å². The Bertz CT molecular complexity index is 579. The quantitative estimate of drug-likeness (QED) is 0.905. The summed E-state index contributed by atoms with van der Waals surface area (Å²) in [5, 5.41) is 3.15. The minimum atomic E-state index is 0.748.